The lowest BCUT2D eigenvalue weighted by Gasteiger charge is -2.23. The van der Waals surface area contributed by atoms with Crippen molar-refractivity contribution in [2.24, 2.45) is 0 Å². The first kappa shape index (κ1) is 25.0. The Morgan fingerprint density at radius 3 is 2.12 bits per heavy atom. The molecule has 9 heteroatoms. The number of hydrogen-bond acceptors (Lipinski definition) is 6. The fourth-order valence-electron chi connectivity index (χ4n) is 2.76. The van der Waals surface area contributed by atoms with E-state index >= 15 is 0 Å². The summed E-state index contributed by atoms with van der Waals surface area (Å²) in [5, 5.41) is 0.572. The topological polar surface area (TPSA) is 85.4 Å². The van der Waals surface area contributed by atoms with Gasteiger partial charge in [-0.25, -0.2) is 9.69 Å². The van der Waals surface area contributed by atoms with Crippen LogP contribution >= 0.6 is 11.6 Å². The Kier molecular flexibility index (Phi) is 9.81. The van der Waals surface area contributed by atoms with Crippen LogP contribution in [0, 0.1) is 0 Å². The first-order valence-corrected chi connectivity index (χ1v) is 10.7. The molecule has 0 saturated carbocycles. The Hall–Kier alpha value is -3.26. The maximum atomic E-state index is 12.6. The molecular weight excluding hydrogens is 436 g/mol. The molecule has 0 aliphatic carbocycles. The van der Waals surface area contributed by atoms with Crippen molar-refractivity contribution in [3.8, 4) is 17.2 Å². The summed E-state index contributed by atoms with van der Waals surface area (Å²) in [7, 11) is 0. The molecule has 2 rings (SSSR count). The molecule has 0 saturated heterocycles. The molecule has 0 spiro atoms. The van der Waals surface area contributed by atoms with Crippen molar-refractivity contribution in [1.82, 2.24) is 9.80 Å². The van der Waals surface area contributed by atoms with E-state index in [4.69, 9.17) is 25.8 Å². The van der Waals surface area contributed by atoms with Crippen molar-refractivity contribution < 1.29 is 28.6 Å². The molecule has 0 fully saturated rings. The van der Waals surface area contributed by atoms with Gasteiger partial charge in [-0.1, -0.05) is 17.7 Å². The second-order valence-electron chi connectivity index (χ2n) is 6.51. The number of carbonyl (C=O) groups is 3. The smallest absolute Gasteiger partial charge is 0.417 e. The van der Waals surface area contributed by atoms with Crippen LogP contribution in [0.5, 0.6) is 17.2 Å². The number of benzene rings is 2. The third-order valence-corrected chi connectivity index (χ3v) is 4.64. The van der Waals surface area contributed by atoms with Gasteiger partial charge in [0.2, 0.25) is 0 Å². The number of nitrogens with zero attached hydrogens (tertiary/aromatic N) is 2. The van der Waals surface area contributed by atoms with Crippen molar-refractivity contribution in [1.29, 1.82) is 0 Å². The molecule has 0 heterocycles. The van der Waals surface area contributed by atoms with Gasteiger partial charge in [-0.2, -0.15) is 0 Å². The molecule has 0 aliphatic rings. The number of rotatable bonds is 9. The van der Waals surface area contributed by atoms with Gasteiger partial charge >= 0.3 is 17.9 Å². The summed E-state index contributed by atoms with van der Waals surface area (Å²) in [6.45, 7) is 5.79. The number of halogens is 1. The minimum Gasteiger partial charge on any atom is -0.492 e. The van der Waals surface area contributed by atoms with E-state index in [0.29, 0.717) is 35.4 Å². The molecule has 0 aromatic heterocycles. The van der Waals surface area contributed by atoms with Gasteiger partial charge in [0.25, 0.3) is 0 Å². The third-order valence-electron chi connectivity index (χ3n) is 4.41. The van der Waals surface area contributed by atoms with E-state index in [9.17, 15) is 14.4 Å². The van der Waals surface area contributed by atoms with Crippen LogP contribution in [0.15, 0.2) is 48.5 Å². The summed E-state index contributed by atoms with van der Waals surface area (Å²) in [6, 6.07) is 13.9. The van der Waals surface area contributed by atoms with Crippen LogP contribution in [0.3, 0.4) is 0 Å². The fraction of sp³-hybridized carbons (Fsp3) is 0.348. The molecule has 0 aliphatic heterocycles. The van der Waals surface area contributed by atoms with Gasteiger partial charge in [0.05, 0.1) is 13.2 Å². The normalized spacial score (nSPS) is 10.2. The molecule has 172 valence electrons. The van der Waals surface area contributed by atoms with E-state index in [1.807, 2.05) is 0 Å². The van der Waals surface area contributed by atoms with Crippen LogP contribution in [-0.2, 0) is 14.3 Å². The highest BCUT2D eigenvalue weighted by Crippen LogP contribution is 2.25. The minimum absolute atomic E-state index is 0.00934. The lowest BCUT2D eigenvalue weighted by molar-refractivity contribution is -0.150. The van der Waals surface area contributed by atoms with Gasteiger partial charge in [-0.3, -0.25) is 9.59 Å². The minimum atomic E-state index is -0.944. The molecule has 0 unspecified atom stereocenters. The van der Waals surface area contributed by atoms with Gasteiger partial charge < -0.3 is 19.1 Å². The molecule has 2 aromatic carbocycles. The Morgan fingerprint density at radius 1 is 0.875 bits per heavy atom. The predicted molar refractivity (Wildman–Crippen MR) is 120 cm³/mol. The molecule has 0 bridgehead atoms. The Balaban J connectivity index is 1.97. The number of amides is 3. The van der Waals surface area contributed by atoms with E-state index in [2.05, 4.69) is 0 Å². The average molecular weight is 463 g/mol. The first-order chi connectivity index (χ1) is 15.4. The maximum absolute atomic E-state index is 12.6. The summed E-state index contributed by atoms with van der Waals surface area (Å²) in [5.41, 5.74) is 0. The molecule has 0 radical (unpaired) electrons. The second-order valence-corrected chi connectivity index (χ2v) is 6.95. The largest absolute Gasteiger partial charge is 0.492 e. The molecule has 3 amide bonds. The fourth-order valence-corrected chi connectivity index (χ4v) is 2.94. The summed E-state index contributed by atoms with van der Waals surface area (Å²) >= 11 is 5.95. The molecule has 0 atom stereocenters. The standard InChI is InChI=1S/C23H27ClN2O6/c1-4-25(5-2)21(27)22(28)26(23(29)30-6-3)14-15-31-18-10-12-19(13-11-18)32-20-9-7-8-17(24)16-20/h7-13,16H,4-6,14-15H2,1-3H3. The Morgan fingerprint density at radius 2 is 1.53 bits per heavy atom. The zero-order chi connectivity index (χ0) is 23.5. The third kappa shape index (κ3) is 7.16. The van der Waals surface area contributed by atoms with Crippen molar-refractivity contribution >= 4 is 29.5 Å². The zero-order valence-corrected chi connectivity index (χ0v) is 19.1. The number of hydrogen-bond donors (Lipinski definition) is 0. The number of carbonyl (C=O) groups excluding carboxylic acids is 3. The highest BCUT2D eigenvalue weighted by molar-refractivity contribution is 6.37. The summed E-state index contributed by atoms with van der Waals surface area (Å²) in [5.74, 6) is 0.00162. The molecule has 8 nitrogen and oxygen atoms in total. The summed E-state index contributed by atoms with van der Waals surface area (Å²) in [6.07, 6.45) is -0.883. The van der Waals surface area contributed by atoms with E-state index < -0.39 is 17.9 Å². The molecule has 0 N–H and O–H groups in total. The first-order valence-electron chi connectivity index (χ1n) is 10.3. The van der Waals surface area contributed by atoms with E-state index in [0.717, 1.165) is 4.90 Å². The van der Waals surface area contributed by atoms with Gasteiger partial charge in [0, 0.05) is 18.1 Å². The van der Waals surface area contributed by atoms with Crippen LogP contribution in [0.4, 0.5) is 4.79 Å². The monoisotopic (exact) mass is 462 g/mol. The lowest BCUT2D eigenvalue weighted by Crippen LogP contribution is -2.49. The van der Waals surface area contributed by atoms with Crippen molar-refractivity contribution in [3.63, 3.8) is 0 Å². The van der Waals surface area contributed by atoms with Crippen LogP contribution in [0.2, 0.25) is 5.02 Å². The van der Waals surface area contributed by atoms with E-state index in [-0.39, 0.29) is 19.8 Å². The average Bonchev–Trinajstić information content (AvgIpc) is 2.78. The SMILES string of the molecule is CCOC(=O)N(CCOc1ccc(Oc2cccc(Cl)c2)cc1)C(=O)C(=O)N(CC)CC. The molecule has 2 aromatic rings. The summed E-state index contributed by atoms with van der Waals surface area (Å²) in [4.78, 5) is 39.2. The Bertz CT molecular complexity index is 915. The van der Waals surface area contributed by atoms with Crippen molar-refractivity contribution in [2.75, 3.05) is 32.8 Å². The van der Waals surface area contributed by atoms with Gasteiger partial charge in [-0.15, -0.1) is 0 Å². The van der Waals surface area contributed by atoms with Gasteiger partial charge in [-0.05, 0) is 63.2 Å². The number of likely N-dealkylation sites (N-methyl/N-ethyl adjacent to an activating group) is 1. The molecule has 32 heavy (non-hydrogen) atoms. The second kappa shape index (κ2) is 12.6. The van der Waals surface area contributed by atoms with Crippen molar-refractivity contribution in [2.45, 2.75) is 20.8 Å². The van der Waals surface area contributed by atoms with Crippen LogP contribution in [-0.4, -0.2) is 60.6 Å². The molecular formula is C23H27ClN2O6. The number of ether oxygens (including phenoxy) is 3. The highest BCUT2D eigenvalue weighted by atomic mass is 35.5. The van der Waals surface area contributed by atoms with Gasteiger partial charge in [0.15, 0.2) is 0 Å². The summed E-state index contributed by atoms with van der Waals surface area (Å²) < 4.78 is 16.3. The van der Waals surface area contributed by atoms with Crippen LogP contribution < -0.4 is 9.47 Å². The van der Waals surface area contributed by atoms with Gasteiger partial charge in [0.1, 0.15) is 23.9 Å². The van der Waals surface area contributed by atoms with E-state index in [1.165, 1.54) is 4.90 Å². The number of imide groups is 1. The maximum Gasteiger partial charge on any atom is 0.417 e. The van der Waals surface area contributed by atoms with E-state index in [1.54, 1.807) is 69.3 Å². The quantitative estimate of drug-likeness (QED) is 0.514. The van der Waals surface area contributed by atoms with Crippen molar-refractivity contribution in [3.05, 3.63) is 53.6 Å². The highest BCUT2D eigenvalue weighted by Gasteiger charge is 2.31. The predicted octanol–water partition coefficient (Wildman–Crippen LogP) is 4.36. The Labute approximate surface area is 192 Å². The van der Waals surface area contributed by atoms with Crippen LogP contribution in [0.1, 0.15) is 20.8 Å². The lowest BCUT2D eigenvalue weighted by atomic mass is 10.3. The van der Waals surface area contributed by atoms with Crippen LogP contribution in [0.25, 0.3) is 0 Å². The zero-order valence-electron chi connectivity index (χ0n) is 18.4.